The van der Waals surface area contributed by atoms with Crippen LogP contribution in [0.1, 0.15) is 5.56 Å². The van der Waals surface area contributed by atoms with E-state index in [1.807, 2.05) is 0 Å². The molecule has 0 saturated heterocycles. The van der Waals surface area contributed by atoms with E-state index in [0.717, 1.165) is 5.56 Å². The summed E-state index contributed by atoms with van der Waals surface area (Å²) in [5.41, 5.74) is 6.26. The highest BCUT2D eigenvalue weighted by Crippen LogP contribution is 2.05. The number of carbonyl (C=O) groups excluding carboxylic acids is 1. The van der Waals surface area contributed by atoms with Gasteiger partial charge in [-0.2, -0.15) is 0 Å². The van der Waals surface area contributed by atoms with Crippen molar-refractivity contribution in [1.29, 1.82) is 0 Å². The number of nitrogens with one attached hydrogen (secondary N) is 1. The van der Waals surface area contributed by atoms with Gasteiger partial charge in [0.15, 0.2) is 0 Å². The molecule has 0 aliphatic carbocycles. The normalized spacial score (nSPS) is 12.1. The molecule has 1 aromatic rings. The minimum absolute atomic E-state index is 0.130. The summed E-state index contributed by atoms with van der Waals surface area (Å²) >= 11 is 0. The van der Waals surface area contributed by atoms with Crippen molar-refractivity contribution in [2.45, 2.75) is 12.5 Å². The Morgan fingerprint density at radius 1 is 1.57 bits per heavy atom. The molecule has 0 aliphatic heterocycles. The molecule has 1 rings (SSSR count). The van der Waals surface area contributed by atoms with Gasteiger partial charge in [0.25, 0.3) is 0 Å². The van der Waals surface area contributed by atoms with Crippen molar-refractivity contribution in [3.05, 3.63) is 35.6 Å². The van der Waals surface area contributed by atoms with Crippen LogP contribution >= 0.6 is 0 Å². The Hall–Kier alpha value is -1.42. The second-order valence-electron chi connectivity index (χ2n) is 3.05. The van der Waals surface area contributed by atoms with E-state index in [9.17, 15) is 9.18 Å². The lowest BCUT2D eigenvalue weighted by Gasteiger charge is -2.13. The van der Waals surface area contributed by atoms with E-state index in [1.54, 1.807) is 12.1 Å². The molecule has 0 unspecified atom stereocenters. The number of carbonyl (C=O) groups is 1. The summed E-state index contributed by atoms with van der Waals surface area (Å²) in [4.78, 5) is 10.2. The highest BCUT2D eigenvalue weighted by Gasteiger charge is 2.06. The van der Waals surface area contributed by atoms with Crippen molar-refractivity contribution in [3.63, 3.8) is 0 Å². The number of hydrogen-bond acceptors (Lipinski definition) is 2. The third-order valence-corrected chi connectivity index (χ3v) is 1.96. The van der Waals surface area contributed by atoms with E-state index in [-0.39, 0.29) is 11.9 Å². The SMILES string of the molecule is NC[C@H](Cc1cccc(F)c1)NC=O. The summed E-state index contributed by atoms with van der Waals surface area (Å²) in [6.07, 6.45) is 1.16. The Morgan fingerprint density at radius 2 is 2.36 bits per heavy atom. The molecule has 1 atom stereocenters. The number of benzene rings is 1. The van der Waals surface area contributed by atoms with E-state index in [1.165, 1.54) is 12.1 Å². The van der Waals surface area contributed by atoms with Crippen molar-refractivity contribution in [2.24, 2.45) is 5.73 Å². The molecule has 0 radical (unpaired) electrons. The maximum Gasteiger partial charge on any atom is 0.207 e. The summed E-state index contributed by atoms with van der Waals surface area (Å²) in [7, 11) is 0. The average Bonchev–Trinajstić information content (AvgIpc) is 2.17. The fourth-order valence-electron chi connectivity index (χ4n) is 1.25. The predicted octanol–water partition coefficient (Wildman–Crippen LogP) is 0.441. The van der Waals surface area contributed by atoms with Crippen molar-refractivity contribution in [1.82, 2.24) is 5.32 Å². The molecule has 0 aromatic heterocycles. The molecule has 3 N–H and O–H groups in total. The van der Waals surface area contributed by atoms with Gasteiger partial charge in [-0.05, 0) is 24.1 Å². The van der Waals surface area contributed by atoms with Gasteiger partial charge < -0.3 is 11.1 Å². The maximum atomic E-state index is 12.8. The summed E-state index contributed by atoms with van der Waals surface area (Å²) < 4.78 is 12.8. The van der Waals surface area contributed by atoms with E-state index >= 15 is 0 Å². The lowest BCUT2D eigenvalue weighted by molar-refractivity contribution is -0.110. The second-order valence-corrected chi connectivity index (χ2v) is 3.05. The first kappa shape index (κ1) is 10.7. The zero-order valence-corrected chi connectivity index (χ0v) is 7.74. The van der Waals surface area contributed by atoms with Crippen molar-refractivity contribution >= 4 is 6.41 Å². The molecule has 1 aromatic carbocycles. The van der Waals surface area contributed by atoms with Gasteiger partial charge in [-0.25, -0.2) is 4.39 Å². The minimum atomic E-state index is -0.274. The number of halogens is 1. The molecule has 0 bridgehead atoms. The molecule has 3 nitrogen and oxygen atoms in total. The summed E-state index contributed by atoms with van der Waals surface area (Å²) in [5.74, 6) is -0.274. The van der Waals surface area contributed by atoms with Gasteiger partial charge in [0.05, 0.1) is 0 Å². The molecule has 0 saturated carbocycles. The first-order valence-corrected chi connectivity index (χ1v) is 4.40. The van der Waals surface area contributed by atoms with Crippen LogP contribution in [-0.2, 0) is 11.2 Å². The van der Waals surface area contributed by atoms with Crippen LogP contribution in [0.4, 0.5) is 4.39 Å². The zero-order chi connectivity index (χ0) is 10.4. The van der Waals surface area contributed by atoms with Crippen LogP contribution in [0, 0.1) is 5.82 Å². The Kier molecular flexibility index (Phi) is 4.07. The molecule has 0 aliphatic rings. The monoisotopic (exact) mass is 196 g/mol. The molecule has 0 fully saturated rings. The Labute approximate surface area is 82.1 Å². The Morgan fingerprint density at radius 3 is 2.93 bits per heavy atom. The average molecular weight is 196 g/mol. The van der Waals surface area contributed by atoms with Crippen LogP contribution in [0.3, 0.4) is 0 Å². The summed E-state index contributed by atoms with van der Waals surface area (Å²) in [6.45, 7) is 0.343. The van der Waals surface area contributed by atoms with Gasteiger partial charge in [-0.1, -0.05) is 12.1 Å². The van der Waals surface area contributed by atoms with Crippen LogP contribution in [0.25, 0.3) is 0 Å². The molecule has 14 heavy (non-hydrogen) atoms. The smallest absolute Gasteiger partial charge is 0.207 e. The Bertz CT molecular complexity index is 304. The second kappa shape index (κ2) is 5.34. The summed E-state index contributed by atoms with van der Waals surface area (Å²) in [5, 5.41) is 2.57. The fraction of sp³-hybridized carbons (Fsp3) is 0.300. The predicted molar refractivity (Wildman–Crippen MR) is 52.1 cm³/mol. The lowest BCUT2D eigenvalue weighted by atomic mass is 10.1. The minimum Gasteiger partial charge on any atom is -0.354 e. The van der Waals surface area contributed by atoms with Crippen LogP contribution in [0.15, 0.2) is 24.3 Å². The van der Waals surface area contributed by atoms with E-state index in [2.05, 4.69) is 5.32 Å². The van der Waals surface area contributed by atoms with Gasteiger partial charge in [0.1, 0.15) is 5.82 Å². The van der Waals surface area contributed by atoms with Gasteiger partial charge in [-0.15, -0.1) is 0 Å². The summed E-state index contributed by atoms with van der Waals surface area (Å²) in [6, 6.07) is 6.13. The number of hydrogen-bond donors (Lipinski definition) is 2. The molecule has 0 heterocycles. The molecule has 0 spiro atoms. The van der Waals surface area contributed by atoms with E-state index in [0.29, 0.717) is 19.4 Å². The van der Waals surface area contributed by atoms with Crippen LogP contribution in [0.5, 0.6) is 0 Å². The third kappa shape index (κ3) is 3.14. The molecule has 76 valence electrons. The molecular weight excluding hydrogens is 183 g/mol. The number of rotatable bonds is 5. The first-order valence-electron chi connectivity index (χ1n) is 4.40. The molecular formula is C10H13FN2O. The largest absolute Gasteiger partial charge is 0.354 e. The lowest BCUT2D eigenvalue weighted by Crippen LogP contribution is -2.36. The van der Waals surface area contributed by atoms with Gasteiger partial charge >= 0.3 is 0 Å². The quantitative estimate of drug-likeness (QED) is 0.671. The molecule has 4 heteroatoms. The van der Waals surface area contributed by atoms with Crippen molar-refractivity contribution < 1.29 is 9.18 Å². The van der Waals surface area contributed by atoms with Crippen LogP contribution < -0.4 is 11.1 Å². The van der Waals surface area contributed by atoms with Crippen LogP contribution in [-0.4, -0.2) is 19.0 Å². The topological polar surface area (TPSA) is 55.1 Å². The zero-order valence-electron chi connectivity index (χ0n) is 7.74. The van der Waals surface area contributed by atoms with Crippen molar-refractivity contribution in [3.8, 4) is 0 Å². The van der Waals surface area contributed by atoms with Crippen molar-refractivity contribution in [2.75, 3.05) is 6.54 Å². The first-order chi connectivity index (χ1) is 6.76. The third-order valence-electron chi connectivity index (χ3n) is 1.96. The van der Waals surface area contributed by atoms with E-state index in [4.69, 9.17) is 5.73 Å². The number of nitrogens with two attached hydrogens (primary N) is 1. The molecule has 1 amide bonds. The maximum absolute atomic E-state index is 12.8. The van der Waals surface area contributed by atoms with Crippen LogP contribution in [0.2, 0.25) is 0 Å². The Balaban J connectivity index is 2.61. The fourth-order valence-corrected chi connectivity index (χ4v) is 1.25. The highest BCUT2D eigenvalue weighted by atomic mass is 19.1. The standard InChI is InChI=1S/C10H13FN2O/c11-9-3-1-2-8(4-9)5-10(6-12)13-7-14/h1-4,7,10H,5-6,12H2,(H,13,14)/t10-/m0/s1. The van der Waals surface area contributed by atoms with Gasteiger partial charge in [0.2, 0.25) is 6.41 Å². The number of amides is 1. The van der Waals surface area contributed by atoms with E-state index < -0.39 is 0 Å². The van der Waals surface area contributed by atoms with Gasteiger partial charge in [0, 0.05) is 12.6 Å². The van der Waals surface area contributed by atoms with Gasteiger partial charge in [-0.3, -0.25) is 4.79 Å². The highest BCUT2D eigenvalue weighted by molar-refractivity contribution is 5.46.